The number of rotatable bonds is 13. The van der Waals surface area contributed by atoms with Crippen molar-refractivity contribution >= 4 is 5.78 Å². The van der Waals surface area contributed by atoms with E-state index in [1.165, 1.54) is 6.92 Å². The van der Waals surface area contributed by atoms with Crippen LogP contribution in [0.2, 0.25) is 0 Å². The predicted molar refractivity (Wildman–Crippen MR) is 236 cm³/mol. The zero-order chi connectivity index (χ0) is 48.5. The molecule has 67 heavy (non-hydrogen) atoms. The van der Waals surface area contributed by atoms with Gasteiger partial charge in [0.15, 0.2) is 25.2 Å². The van der Waals surface area contributed by atoms with Gasteiger partial charge in [0, 0.05) is 71.4 Å². The minimum Gasteiger partial charge on any atom is -0.392 e. The van der Waals surface area contributed by atoms with Gasteiger partial charge in [-0.05, 0) is 78.6 Å². The van der Waals surface area contributed by atoms with Crippen molar-refractivity contribution in [2.24, 2.45) is 22.7 Å². The molecule has 8 rings (SSSR count). The number of carbonyl (C=O) groups excluding carboxylic acids is 1. The lowest BCUT2D eigenvalue weighted by Crippen LogP contribution is -2.78. The molecule has 0 radical (unpaired) electrons. The SMILES string of the molecule is COC1CC(OC2C(C)OC(OC3C(C)OC(OC4C(C)OC(OC5CCC6(C)C(=CCC7(O)C6CC(O)C6(C)C(C(C)=O)CC(O)C76O)C5)CC4OC)CC3OC)CC2OC)OC(C)C1O. The third kappa shape index (κ3) is 8.95. The molecule has 25 atom stereocenters. The van der Waals surface area contributed by atoms with E-state index < -0.39 is 126 Å². The number of carbonyl (C=O) groups is 1. The molecule has 25 unspecified atom stereocenters. The molecule has 4 aliphatic heterocycles. The number of hydrogen-bond acceptors (Lipinski definition) is 18. The van der Waals surface area contributed by atoms with Gasteiger partial charge < -0.3 is 82.4 Å². The maximum atomic E-state index is 12.8. The van der Waals surface area contributed by atoms with Crippen LogP contribution in [0, 0.1) is 22.7 Å². The number of ether oxygens (including phenoxy) is 12. The minimum absolute atomic E-state index is 0.00600. The lowest BCUT2D eigenvalue weighted by molar-refractivity contribution is -0.347. The molecule has 0 aromatic heterocycles. The van der Waals surface area contributed by atoms with E-state index in [1.54, 1.807) is 42.3 Å². The Labute approximate surface area is 395 Å². The first kappa shape index (κ1) is 52.1. The van der Waals surface area contributed by atoms with Crippen LogP contribution in [-0.2, 0) is 61.6 Å². The molecule has 18 nitrogen and oxygen atoms in total. The lowest BCUT2D eigenvalue weighted by Gasteiger charge is -2.66. The van der Waals surface area contributed by atoms with Gasteiger partial charge in [-0.15, -0.1) is 0 Å². The van der Waals surface area contributed by atoms with Crippen molar-refractivity contribution in [1.29, 1.82) is 0 Å². The Morgan fingerprint density at radius 1 is 0.627 bits per heavy atom. The number of fused-ring (bicyclic) bond motifs is 5. The van der Waals surface area contributed by atoms with E-state index in [9.17, 15) is 30.3 Å². The van der Waals surface area contributed by atoms with Crippen molar-refractivity contribution in [3.8, 4) is 0 Å². The summed E-state index contributed by atoms with van der Waals surface area (Å²) in [5.41, 5.74) is -4.69. The average molecular weight is 957 g/mol. The standard InChI is InChI=1S/C49H80O18/c1-23(50)30-17-37(52)49(55)47(30,7)36(51)22-35-46(6)14-13-29(16-28(46)12-15-48(35,49)54)64-38-19-32(57-9)43(25(3)61-38)66-40-21-34(59-11)45(27(5)63-40)67-41-20-33(58-10)44(26(4)62-41)65-39-18-31(56-8)42(53)24(2)60-39/h12,24-27,29-45,51-55H,13-22H2,1-11H3. The van der Waals surface area contributed by atoms with Crippen molar-refractivity contribution in [3.63, 3.8) is 0 Å². The zero-order valence-corrected chi connectivity index (χ0v) is 41.3. The van der Waals surface area contributed by atoms with E-state index >= 15 is 0 Å². The van der Waals surface area contributed by atoms with E-state index in [-0.39, 0.29) is 49.5 Å². The molecule has 8 aliphatic rings. The predicted octanol–water partition coefficient (Wildman–Crippen LogP) is 2.83. The van der Waals surface area contributed by atoms with Crippen LogP contribution in [-0.4, -0.2) is 188 Å². The highest BCUT2D eigenvalue weighted by Gasteiger charge is 2.79. The molecule has 0 aromatic rings. The third-order valence-electron chi connectivity index (χ3n) is 18.0. The molecule has 0 spiro atoms. The summed E-state index contributed by atoms with van der Waals surface area (Å²) in [4.78, 5) is 12.8. The summed E-state index contributed by atoms with van der Waals surface area (Å²) in [6.45, 7) is 12.7. The first-order chi connectivity index (χ1) is 31.7. The van der Waals surface area contributed by atoms with E-state index in [0.717, 1.165) is 5.57 Å². The van der Waals surface area contributed by atoms with Crippen molar-refractivity contribution in [3.05, 3.63) is 11.6 Å². The molecule has 4 heterocycles. The number of aliphatic hydroxyl groups excluding tert-OH is 3. The Morgan fingerprint density at radius 3 is 1.54 bits per heavy atom. The van der Waals surface area contributed by atoms with Crippen LogP contribution in [0.3, 0.4) is 0 Å². The van der Waals surface area contributed by atoms with Crippen LogP contribution < -0.4 is 0 Å². The second-order valence-electron chi connectivity index (χ2n) is 21.5. The molecule has 4 saturated heterocycles. The molecule has 0 amide bonds. The molecule has 384 valence electrons. The largest absolute Gasteiger partial charge is 0.392 e. The highest BCUT2D eigenvalue weighted by atomic mass is 16.8. The second-order valence-corrected chi connectivity index (χ2v) is 21.5. The zero-order valence-electron chi connectivity index (χ0n) is 41.3. The molecule has 0 bridgehead atoms. The number of ketones is 1. The quantitative estimate of drug-likeness (QED) is 0.167. The Balaban J connectivity index is 0.849. The van der Waals surface area contributed by atoms with Gasteiger partial charge in [0.1, 0.15) is 41.4 Å². The average Bonchev–Trinajstić information content (AvgIpc) is 3.51. The maximum absolute atomic E-state index is 12.8. The summed E-state index contributed by atoms with van der Waals surface area (Å²) in [7, 11) is 6.49. The number of aliphatic hydroxyl groups is 5. The van der Waals surface area contributed by atoms with Gasteiger partial charge >= 0.3 is 0 Å². The summed E-state index contributed by atoms with van der Waals surface area (Å²) in [5.74, 6) is -1.53. The summed E-state index contributed by atoms with van der Waals surface area (Å²) in [6, 6.07) is 0. The topological polar surface area (TPSA) is 229 Å². The van der Waals surface area contributed by atoms with Crippen molar-refractivity contribution in [1.82, 2.24) is 0 Å². The number of Topliss-reactive ketones (excluding diaryl/α,β-unsaturated/α-hetero) is 1. The molecular weight excluding hydrogens is 877 g/mol. The fourth-order valence-electron chi connectivity index (χ4n) is 14.0. The molecule has 18 heteroatoms. The van der Waals surface area contributed by atoms with Crippen LogP contribution in [0.25, 0.3) is 0 Å². The smallest absolute Gasteiger partial charge is 0.161 e. The highest BCUT2D eigenvalue weighted by Crippen LogP contribution is 2.69. The van der Waals surface area contributed by atoms with Crippen LogP contribution in [0.15, 0.2) is 11.6 Å². The Kier molecular flexibility index (Phi) is 15.5. The van der Waals surface area contributed by atoms with E-state index in [4.69, 9.17) is 56.8 Å². The van der Waals surface area contributed by atoms with Crippen LogP contribution in [0.5, 0.6) is 0 Å². The first-order valence-corrected chi connectivity index (χ1v) is 24.7. The van der Waals surface area contributed by atoms with Gasteiger partial charge in [-0.2, -0.15) is 0 Å². The van der Waals surface area contributed by atoms with Crippen molar-refractivity contribution in [2.45, 2.75) is 241 Å². The molecule has 5 N–H and O–H groups in total. The minimum atomic E-state index is -2.07. The number of hydrogen-bond donors (Lipinski definition) is 5. The summed E-state index contributed by atoms with van der Waals surface area (Å²) < 4.78 is 75.0. The molecule has 4 aliphatic carbocycles. The van der Waals surface area contributed by atoms with E-state index in [0.29, 0.717) is 44.9 Å². The van der Waals surface area contributed by atoms with Crippen molar-refractivity contribution < 1.29 is 87.2 Å². The second kappa shape index (κ2) is 20.0. The highest BCUT2D eigenvalue weighted by molar-refractivity contribution is 5.80. The fraction of sp³-hybridized carbons (Fsp3) is 0.939. The molecule has 7 fully saturated rings. The maximum Gasteiger partial charge on any atom is 0.161 e. The van der Waals surface area contributed by atoms with Crippen LogP contribution in [0.1, 0.15) is 113 Å². The van der Waals surface area contributed by atoms with Gasteiger partial charge in [0.25, 0.3) is 0 Å². The molecular formula is C49H80O18. The normalized spacial score (nSPS) is 53.6. The lowest BCUT2D eigenvalue weighted by atomic mass is 9.42. The van der Waals surface area contributed by atoms with Gasteiger partial charge in [-0.25, -0.2) is 0 Å². The van der Waals surface area contributed by atoms with Crippen LogP contribution in [0.4, 0.5) is 0 Å². The van der Waals surface area contributed by atoms with Gasteiger partial charge in [-0.3, -0.25) is 4.79 Å². The van der Waals surface area contributed by atoms with E-state index in [2.05, 4.69) is 6.92 Å². The third-order valence-corrected chi connectivity index (χ3v) is 18.0. The van der Waals surface area contributed by atoms with Gasteiger partial charge in [0.05, 0.1) is 67.1 Å². The molecule has 3 saturated carbocycles. The Hall–Kier alpha value is -1.27. The molecule has 0 aromatic carbocycles. The van der Waals surface area contributed by atoms with Gasteiger partial charge in [0.2, 0.25) is 0 Å². The summed E-state index contributed by atoms with van der Waals surface area (Å²) >= 11 is 0. The fourth-order valence-corrected chi connectivity index (χ4v) is 14.0. The number of methoxy groups -OCH3 is 4. The van der Waals surface area contributed by atoms with Gasteiger partial charge in [-0.1, -0.05) is 25.5 Å². The first-order valence-electron chi connectivity index (χ1n) is 24.7. The summed E-state index contributed by atoms with van der Waals surface area (Å²) in [5, 5.41) is 58.5. The summed E-state index contributed by atoms with van der Waals surface area (Å²) in [6.07, 6.45) is -4.83. The van der Waals surface area contributed by atoms with Crippen LogP contribution >= 0.6 is 0 Å². The van der Waals surface area contributed by atoms with Crippen molar-refractivity contribution in [2.75, 3.05) is 28.4 Å². The monoisotopic (exact) mass is 957 g/mol. The Bertz CT molecular complexity index is 1750. The van der Waals surface area contributed by atoms with E-state index in [1.807, 2.05) is 26.8 Å². The Morgan fingerprint density at radius 2 is 1.07 bits per heavy atom.